The van der Waals surface area contributed by atoms with Crippen molar-refractivity contribution in [2.75, 3.05) is 39.3 Å². The molecule has 0 bridgehead atoms. The van der Waals surface area contributed by atoms with Gasteiger partial charge < -0.3 is 14.4 Å². The van der Waals surface area contributed by atoms with E-state index in [0.29, 0.717) is 19.0 Å². The molecule has 0 aromatic heterocycles. The number of carbonyl (C=O) groups excluding carboxylic acids is 1. The number of amides is 1. The first-order valence-electron chi connectivity index (χ1n) is 9.24. The molecule has 0 radical (unpaired) electrons. The molecule has 1 amide bonds. The van der Waals surface area contributed by atoms with Gasteiger partial charge in [-0.2, -0.15) is 0 Å². The summed E-state index contributed by atoms with van der Waals surface area (Å²) in [5.74, 6) is 1.72. The third-order valence-electron chi connectivity index (χ3n) is 5.41. The lowest BCUT2D eigenvalue weighted by Gasteiger charge is -2.28. The lowest BCUT2D eigenvalue weighted by Crippen LogP contribution is -2.44. The Morgan fingerprint density at radius 2 is 1.89 bits per heavy atom. The van der Waals surface area contributed by atoms with Crippen LogP contribution in [0, 0.1) is 0 Å². The quantitative estimate of drug-likeness (QED) is 0.660. The highest BCUT2D eigenvalue weighted by Gasteiger charge is 2.35. The summed E-state index contributed by atoms with van der Waals surface area (Å²) >= 11 is 0. The van der Waals surface area contributed by atoms with E-state index in [1.807, 2.05) is 18.2 Å². The molecule has 2 fully saturated rings. The zero-order chi connectivity index (χ0) is 19.6. The topological polar surface area (TPSA) is 76.2 Å². The fourth-order valence-electron chi connectivity index (χ4n) is 3.55. The van der Waals surface area contributed by atoms with Gasteiger partial charge in [0.15, 0.2) is 9.84 Å². The van der Waals surface area contributed by atoms with Crippen LogP contribution in [0.3, 0.4) is 0 Å². The normalized spacial score (nSPS) is 21.3. The van der Waals surface area contributed by atoms with Crippen molar-refractivity contribution in [3.8, 4) is 11.5 Å². The van der Waals surface area contributed by atoms with Crippen molar-refractivity contribution in [1.82, 2.24) is 9.80 Å². The summed E-state index contributed by atoms with van der Waals surface area (Å²) in [7, 11) is 1.96. The Balaban J connectivity index is 1.69. The van der Waals surface area contributed by atoms with Crippen LogP contribution < -0.4 is 9.47 Å². The lowest BCUT2D eigenvalue weighted by atomic mass is 10.1. The van der Waals surface area contributed by atoms with Crippen molar-refractivity contribution in [3.05, 3.63) is 23.8 Å². The number of hydrogen-bond donors (Lipinski definition) is 0. The second-order valence-corrected chi connectivity index (χ2v) is 9.60. The summed E-state index contributed by atoms with van der Waals surface area (Å²) in [5, 5.41) is 0. The number of carbonyl (C=O) groups is 1. The van der Waals surface area contributed by atoms with Crippen LogP contribution >= 0.6 is 0 Å². The van der Waals surface area contributed by atoms with E-state index in [4.69, 9.17) is 9.47 Å². The molecule has 0 N–H and O–H groups in total. The van der Waals surface area contributed by atoms with Crippen LogP contribution in [-0.4, -0.2) is 75.5 Å². The van der Waals surface area contributed by atoms with Crippen molar-refractivity contribution in [2.24, 2.45) is 0 Å². The average molecular weight is 397 g/mol. The van der Waals surface area contributed by atoms with Gasteiger partial charge in [0.1, 0.15) is 11.5 Å². The number of benzene rings is 1. The molecule has 1 aromatic rings. The molecule has 1 heterocycles. The summed E-state index contributed by atoms with van der Waals surface area (Å²) < 4.78 is 34.2. The Bertz CT molecular complexity index is 791. The Hall–Kier alpha value is -1.80. The molecular formula is C19H28N2O5S. The van der Waals surface area contributed by atoms with Crippen molar-refractivity contribution in [1.29, 1.82) is 0 Å². The highest BCUT2D eigenvalue weighted by molar-refractivity contribution is 7.91. The first-order valence-corrected chi connectivity index (χ1v) is 11.1. The van der Waals surface area contributed by atoms with Crippen LogP contribution in [0.1, 0.15) is 24.8 Å². The second-order valence-electron chi connectivity index (χ2n) is 7.38. The van der Waals surface area contributed by atoms with E-state index in [1.165, 1.54) is 0 Å². The van der Waals surface area contributed by atoms with E-state index in [1.54, 1.807) is 26.2 Å². The van der Waals surface area contributed by atoms with E-state index in [9.17, 15) is 13.2 Å². The van der Waals surface area contributed by atoms with E-state index in [2.05, 4.69) is 4.90 Å². The van der Waals surface area contributed by atoms with Gasteiger partial charge in [-0.25, -0.2) is 8.42 Å². The van der Waals surface area contributed by atoms with Crippen LogP contribution in [0.15, 0.2) is 18.2 Å². The smallest absolute Gasteiger partial charge is 0.236 e. The highest BCUT2D eigenvalue weighted by Crippen LogP contribution is 2.32. The molecule has 3 rings (SSSR count). The van der Waals surface area contributed by atoms with Crippen LogP contribution in [0.25, 0.3) is 0 Å². The monoisotopic (exact) mass is 396 g/mol. The predicted molar refractivity (Wildman–Crippen MR) is 103 cm³/mol. The Morgan fingerprint density at radius 1 is 1.15 bits per heavy atom. The van der Waals surface area contributed by atoms with Gasteiger partial charge in [0.05, 0.1) is 32.3 Å². The zero-order valence-corrected chi connectivity index (χ0v) is 17.0. The SMILES string of the molecule is COc1ccc(OC)c(CN(CC(=O)N(C)[C@H]2CCS(=O)(=O)C2)C2CC2)c1. The molecule has 1 aromatic carbocycles. The van der Waals surface area contributed by atoms with Crippen LogP contribution in [0.4, 0.5) is 0 Å². The third kappa shape index (κ3) is 4.93. The highest BCUT2D eigenvalue weighted by atomic mass is 32.2. The van der Waals surface area contributed by atoms with Crippen LogP contribution in [-0.2, 0) is 21.2 Å². The number of likely N-dealkylation sites (N-methyl/N-ethyl adjacent to an activating group) is 1. The maximum Gasteiger partial charge on any atom is 0.236 e. The largest absolute Gasteiger partial charge is 0.497 e. The lowest BCUT2D eigenvalue weighted by molar-refractivity contribution is -0.133. The van der Waals surface area contributed by atoms with Gasteiger partial charge in [-0.15, -0.1) is 0 Å². The third-order valence-corrected chi connectivity index (χ3v) is 7.16. The van der Waals surface area contributed by atoms with E-state index >= 15 is 0 Å². The molecule has 1 aliphatic carbocycles. The molecule has 1 aliphatic heterocycles. The number of sulfone groups is 1. The average Bonchev–Trinajstić information content (AvgIpc) is 3.43. The fraction of sp³-hybridized carbons (Fsp3) is 0.632. The fourth-order valence-corrected chi connectivity index (χ4v) is 5.32. The standard InChI is InChI=1S/C19H28N2O5S/c1-20(16-8-9-27(23,24)13-16)19(22)12-21(15-4-5-15)11-14-10-17(25-2)6-7-18(14)26-3/h6-7,10,15-16H,4-5,8-9,11-13H2,1-3H3/t16-/m0/s1. The van der Waals surface area contributed by atoms with Gasteiger partial charge in [0.2, 0.25) is 5.91 Å². The second kappa shape index (κ2) is 8.06. The summed E-state index contributed by atoms with van der Waals surface area (Å²) in [4.78, 5) is 16.6. The minimum atomic E-state index is -3.01. The maximum atomic E-state index is 12.8. The minimum absolute atomic E-state index is 0.0362. The number of rotatable bonds is 8. The molecule has 8 heteroatoms. The van der Waals surface area contributed by atoms with Gasteiger partial charge in [0, 0.05) is 31.2 Å². The summed E-state index contributed by atoms with van der Waals surface area (Å²) in [6, 6.07) is 5.83. The molecule has 27 heavy (non-hydrogen) atoms. The summed E-state index contributed by atoms with van der Waals surface area (Å²) in [5.41, 5.74) is 0.975. The first kappa shape index (κ1) is 19.9. The van der Waals surface area contributed by atoms with Gasteiger partial charge >= 0.3 is 0 Å². The van der Waals surface area contributed by atoms with Gasteiger partial charge in [-0.3, -0.25) is 9.69 Å². The molecule has 0 spiro atoms. The van der Waals surface area contributed by atoms with Crippen molar-refractivity contribution < 1.29 is 22.7 Å². The van der Waals surface area contributed by atoms with E-state index in [0.717, 1.165) is 29.9 Å². The molecule has 7 nitrogen and oxygen atoms in total. The first-order chi connectivity index (χ1) is 12.8. The zero-order valence-electron chi connectivity index (χ0n) is 16.2. The molecular weight excluding hydrogens is 368 g/mol. The van der Waals surface area contributed by atoms with E-state index < -0.39 is 9.84 Å². The molecule has 1 atom stereocenters. The maximum absolute atomic E-state index is 12.8. The molecule has 2 aliphatic rings. The van der Waals surface area contributed by atoms with Crippen molar-refractivity contribution in [3.63, 3.8) is 0 Å². The number of methoxy groups -OCH3 is 2. The number of nitrogens with zero attached hydrogens (tertiary/aromatic N) is 2. The van der Waals surface area contributed by atoms with Gasteiger partial charge in [-0.1, -0.05) is 0 Å². The molecule has 0 unspecified atom stereocenters. The molecule has 1 saturated heterocycles. The van der Waals surface area contributed by atoms with Gasteiger partial charge in [-0.05, 0) is 37.5 Å². The summed E-state index contributed by atoms with van der Waals surface area (Å²) in [6.45, 7) is 0.867. The van der Waals surface area contributed by atoms with Gasteiger partial charge in [0.25, 0.3) is 0 Å². The Labute approximate surface area is 161 Å². The molecule has 1 saturated carbocycles. The van der Waals surface area contributed by atoms with E-state index in [-0.39, 0.29) is 30.0 Å². The van der Waals surface area contributed by atoms with Crippen molar-refractivity contribution >= 4 is 15.7 Å². The van der Waals surface area contributed by atoms with Crippen LogP contribution in [0.2, 0.25) is 0 Å². The Morgan fingerprint density at radius 3 is 2.44 bits per heavy atom. The molecule has 150 valence electrons. The number of ether oxygens (including phenoxy) is 2. The number of hydrogen-bond acceptors (Lipinski definition) is 6. The van der Waals surface area contributed by atoms with Crippen molar-refractivity contribution in [2.45, 2.75) is 37.9 Å². The summed E-state index contributed by atoms with van der Waals surface area (Å²) in [6.07, 6.45) is 2.67. The predicted octanol–water partition coefficient (Wildman–Crippen LogP) is 1.31. The Kier molecular flexibility index (Phi) is 5.95. The minimum Gasteiger partial charge on any atom is -0.497 e. The van der Waals surface area contributed by atoms with Crippen LogP contribution in [0.5, 0.6) is 11.5 Å².